The maximum absolute atomic E-state index is 13.7. The van der Waals surface area contributed by atoms with Crippen molar-refractivity contribution in [1.82, 2.24) is 24.6 Å². The molecule has 3 aromatic rings. The third-order valence-electron chi connectivity index (χ3n) is 6.07. The standard InChI is InChI=1S/C21H23N5OS/c27-20(21(8-2-1-3-9-21)17-7-5-13-28-17)25-11-12-26-18(15-25)23-24-19(26)16-6-4-10-22-14-16/h4-7,10,13-14H,1-3,8-9,11-12,15H2. The second-order valence-electron chi connectivity index (χ2n) is 7.68. The van der Waals surface area contributed by atoms with Gasteiger partial charge in [0.15, 0.2) is 11.6 Å². The zero-order valence-corrected chi connectivity index (χ0v) is 16.6. The smallest absolute Gasteiger partial charge is 0.234 e. The number of hydrogen-bond donors (Lipinski definition) is 0. The summed E-state index contributed by atoms with van der Waals surface area (Å²) in [6.07, 6.45) is 8.95. The molecular weight excluding hydrogens is 370 g/mol. The number of amides is 1. The first kappa shape index (κ1) is 17.6. The van der Waals surface area contributed by atoms with Crippen molar-refractivity contribution in [2.24, 2.45) is 0 Å². The summed E-state index contributed by atoms with van der Waals surface area (Å²) in [5, 5.41) is 10.9. The van der Waals surface area contributed by atoms with E-state index >= 15 is 0 Å². The van der Waals surface area contributed by atoms with Crippen LogP contribution in [0.5, 0.6) is 0 Å². The molecule has 144 valence electrons. The minimum absolute atomic E-state index is 0.270. The average Bonchev–Trinajstić information content (AvgIpc) is 3.44. The fourth-order valence-corrected chi connectivity index (χ4v) is 5.59. The van der Waals surface area contributed by atoms with Gasteiger partial charge in [-0.15, -0.1) is 21.5 Å². The first-order valence-electron chi connectivity index (χ1n) is 9.94. The van der Waals surface area contributed by atoms with Crippen LogP contribution in [0.15, 0.2) is 42.0 Å². The van der Waals surface area contributed by atoms with Gasteiger partial charge in [-0.25, -0.2) is 0 Å². The highest BCUT2D eigenvalue weighted by atomic mass is 32.1. The lowest BCUT2D eigenvalue weighted by Gasteiger charge is -2.40. The fraction of sp³-hybridized carbons (Fsp3) is 0.429. The SMILES string of the molecule is O=C(N1CCn2c(nnc2-c2cccnc2)C1)C1(c2cccs2)CCCCC1. The van der Waals surface area contributed by atoms with E-state index in [4.69, 9.17) is 0 Å². The third-order valence-corrected chi connectivity index (χ3v) is 7.14. The van der Waals surface area contributed by atoms with Gasteiger partial charge in [0.05, 0.1) is 12.0 Å². The highest BCUT2D eigenvalue weighted by Crippen LogP contribution is 2.43. The predicted octanol–water partition coefficient (Wildman–Crippen LogP) is 3.65. The monoisotopic (exact) mass is 393 g/mol. The molecule has 5 rings (SSSR count). The summed E-state index contributed by atoms with van der Waals surface area (Å²) in [7, 11) is 0. The molecule has 2 aliphatic rings. The highest BCUT2D eigenvalue weighted by molar-refractivity contribution is 7.10. The Morgan fingerprint density at radius 2 is 1.96 bits per heavy atom. The zero-order valence-electron chi connectivity index (χ0n) is 15.8. The first-order valence-corrected chi connectivity index (χ1v) is 10.8. The van der Waals surface area contributed by atoms with E-state index in [1.807, 2.05) is 23.2 Å². The van der Waals surface area contributed by atoms with Crippen molar-refractivity contribution in [3.63, 3.8) is 0 Å². The van der Waals surface area contributed by atoms with Crippen LogP contribution in [-0.2, 0) is 23.3 Å². The summed E-state index contributed by atoms with van der Waals surface area (Å²) < 4.78 is 2.12. The van der Waals surface area contributed by atoms with Crippen molar-refractivity contribution in [3.8, 4) is 11.4 Å². The summed E-state index contributed by atoms with van der Waals surface area (Å²) in [6, 6.07) is 8.11. The van der Waals surface area contributed by atoms with Crippen molar-refractivity contribution in [1.29, 1.82) is 0 Å². The Labute approximate surface area is 168 Å². The molecule has 1 aliphatic heterocycles. The van der Waals surface area contributed by atoms with Crippen LogP contribution in [-0.4, -0.2) is 37.1 Å². The molecule has 6 nitrogen and oxygen atoms in total. The average molecular weight is 394 g/mol. The molecule has 0 atom stereocenters. The minimum Gasteiger partial charge on any atom is -0.333 e. The topological polar surface area (TPSA) is 63.9 Å². The van der Waals surface area contributed by atoms with Crippen LogP contribution in [0.2, 0.25) is 0 Å². The summed E-state index contributed by atoms with van der Waals surface area (Å²) in [6.45, 7) is 1.95. The van der Waals surface area contributed by atoms with E-state index in [9.17, 15) is 4.79 Å². The van der Waals surface area contributed by atoms with Crippen LogP contribution in [0.25, 0.3) is 11.4 Å². The van der Waals surface area contributed by atoms with E-state index in [1.165, 1.54) is 11.3 Å². The van der Waals surface area contributed by atoms with Gasteiger partial charge in [0, 0.05) is 35.9 Å². The van der Waals surface area contributed by atoms with Crippen molar-refractivity contribution in [2.45, 2.75) is 50.6 Å². The van der Waals surface area contributed by atoms with Gasteiger partial charge >= 0.3 is 0 Å². The molecule has 0 bridgehead atoms. The Bertz CT molecular complexity index is 960. The van der Waals surface area contributed by atoms with Crippen LogP contribution < -0.4 is 0 Å². The van der Waals surface area contributed by atoms with Crippen molar-refractivity contribution < 1.29 is 4.79 Å². The molecule has 1 aliphatic carbocycles. The Morgan fingerprint density at radius 1 is 1.07 bits per heavy atom. The van der Waals surface area contributed by atoms with Crippen LogP contribution in [0.4, 0.5) is 0 Å². The summed E-state index contributed by atoms with van der Waals surface area (Å²) in [5.41, 5.74) is 0.615. The molecule has 3 aromatic heterocycles. The Balaban J connectivity index is 1.43. The van der Waals surface area contributed by atoms with Gasteiger partial charge in [0.1, 0.15) is 0 Å². The molecule has 0 N–H and O–H groups in total. The van der Waals surface area contributed by atoms with Gasteiger partial charge < -0.3 is 9.47 Å². The van der Waals surface area contributed by atoms with Gasteiger partial charge in [-0.3, -0.25) is 9.78 Å². The molecule has 0 saturated heterocycles. The van der Waals surface area contributed by atoms with Gasteiger partial charge in [-0.2, -0.15) is 0 Å². The third kappa shape index (κ3) is 2.85. The van der Waals surface area contributed by atoms with Gasteiger partial charge in [-0.05, 0) is 36.4 Å². The zero-order chi connectivity index (χ0) is 19.0. The second kappa shape index (κ2) is 7.13. The Kier molecular flexibility index (Phi) is 4.47. The lowest BCUT2D eigenvalue weighted by Crippen LogP contribution is -2.50. The molecule has 1 saturated carbocycles. The lowest BCUT2D eigenvalue weighted by atomic mass is 9.72. The van der Waals surface area contributed by atoms with Crippen molar-refractivity contribution >= 4 is 17.2 Å². The number of hydrogen-bond acceptors (Lipinski definition) is 5. The molecule has 1 amide bonds. The van der Waals surface area contributed by atoms with Crippen LogP contribution >= 0.6 is 11.3 Å². The van der Waals surface area contributed by atoms with Crippen LogP contribution in [0.3, 0.4) is 0 Å². The molecule has 0 aromatic carbocycles. The van der Waals surface area contributed by atoms with E-state index in [-0.39, 0.29) is 11.3 Å². The largest absolute Gasteiger partial charge is 0.333 e. The maximum atomic E-state index is 13.7. The molecule has 28 heavy (non-hydrogen) atoms. The summed E-state index contributed by atoms with van der Waals surface area (Å²) >= 11 is 1.72. The Morgan fingerprint density at radius 3 is 2.71 bits per heavy atom. The van der Waals surface area contributed by atoms with E-state index in [2.05, 4.69) is 37.3 Å². The number of carbonyl (C=O) groups is 1. The van der Waals surface area contributed by atoms with E-state index in [0.29, 0.717) is 13.1 Å². The molecular formula is C21H23N5OS. The number of aromatic nitrogens is 4. The van der Waals surface area contributed by atoms with Gasteiger partial charge in [-0.1, -0.05) is 25.3 Å². The van der Waals surface area contributed by atoms with Gasteiger partial charge in [0.25, 0.3) is 0 Å². The lowest BCUT2D eigenvalue weighted by molar-refractivity contribution is -0.140. The van der Waals surface area contributed by atoms with E-state index in [0.717, 1.165) is 49.4 Å². The number of fused-ring (bicyclic) bond motifs is 1. The first-order chi connectivity index (χ1) is 13.8. The maximum Gasteiger partial charge on any atom is 0.234 e. The number of carbonyl (C=O) groups excluding carboxylic acids is 1. The normalized spacial score (nSPS) is 18.6. The molecule has 0 unspecified atom stereocenters. The number of nitrogens with zero attached hydrogens (tertiary/aromatic N) is 5. The van der Waals surface area contributed by atoms with Crippen LogP contribution in [0, 0.1) is 0 Å². The highest BCUT2D eigenvalue weighted by Gasteiger charge is 2.45. The predicted molar refractivity (Wildman–Crippen MR) is 108 cm³/mol. The Hall–Kier alpha value is -2.54. The molecule has 4 heterocycles. The van der Waals surface area contributed by atoms with E-state index in [1.54, 1.807) is 17.5 Å². The number of rotatable bonds is 3. The second-order valence-corrected chi connectivity index (χ2v) is 8.63. The molecule has 1 fully saturated rings. The van der Waals surface area contributed by atoms with Crippen LogP contribution in [0.1, 0.15) is 42.8 Å². The fourth-order valence-electron chi connectivity index (χ4n) is 4.61. The summed E-state index contributed by atoms with van der Waals surface area (Å²) in [4.78, 5) is 21.1. The molecule has 7 heteroatoms. The minimum atomic E-state index is -0.346. The van der Waals surface area contributed by atoms with E-state index < -0.39 is 0 Å². The molecule has 0 spiro atoms. The number of thiophene rings is 1. The van der Waals surface area contributed by atoms with Crippen molar-refractivity contribution in [3.05, 3.63) is 52.7 Å². The summed E-state index contributed by atoms with van der Waals surface area (Å²) in [5.74, 6) is 1.96. The van der Waals surface area contributed by atoms with Gasteiger partial charge in [0.2, 0.25) is 5.91 Å². The number of pyridine rings is 1. The van der Waals surface area contributed by atoms with Crippen molar-refractivity contribution in [2.75, 3.05) is 6.54 Å². The quantitative estimate of drug-likeness (QED) is 0.681. The molecule has 0 radical (unpaired) electrons.